The monoisotopic (exact) mass is 448 g/mol. The number of hydrogen-bond donors (Lipinski definition) is 0. The molecule has 32 heavy (non-hydrogen) atoms. The first-order valence-electron chi connectivity index (χ1n) is 9.85. The van der Waals surface area contributed by atoms with Crippen molar-refractivity contribution in [3.63, 3.8) is 0 Å². The third-order valence-electron chi connectivity index (χ3n) is 5.22. The summed E-state index contributed by atoms with van der Waals surface area (Å²) in [4.78, 5) is 41.8. The second-order valence-electron chi connectivity index (χ2n) is 7.55. The van der Waals surface area contributed by atoms with E-state index in [1.54, 1.807) is 18.3 Å². The molecule has 0 saturated carbocycles. The summed E-state index contributed by atoms with van der Waals surface area (Å²) in [7, 11) is 0. The zero-order valence-electron chi connectivity index (χ0n) is 17.7. The molecule has 1 fully saturated rings. The summed E-state index contributed by atoms with van der Waals surface area (Å²) in [6, 6.07) is 11.8. The van der Waals surface area contributed by atoms with Crippen LogP contribution in [-0.2, 0) is 11.3 Å². The van der Waals surface area contributed by atoms with Gasteiger partial charge in [-0.3, -0.25) is 24.6 Å². The maximum Gasteiger partial charge on any atom is 0.293 e. The van der Waals surface area contributed by atoms with Crippen LogP contribution in [0.5, 0.6) is 0 Å². The Hall–Kier alpha value is -3.72. The molecule has 162 valence electrons. The Morgan fingerprint density at radius 1 is 1.12 bits per heavy atom. The number of nitro groups is 1. The normalized spacial score (nSPS) is 15.1. The highest BCUT2D eigenvalue weighted by molar-refractivity contribution is 8.18. The molecule has 3 aromatic rings. The standard InChI is InChI=1S/C23H20N4O4S/c1-14-7-8-24-21(9-14)26-15(2)10-18(16(26)3)12-20-22(28)25(23(29)32-20)13-17-5-4-6-19(11-17)27(30)31/h4-12H,13H2,1-3H3/b20-12-. The Bertz CT molecular complexity index is 1290. The fourth-order valence-corrected chi connectivity index (χ4v) is 4.49. The van der Waals surface area contributed by atoms with Crippen molar-refractivity contribution in [3.8, 4) is 5.82 Å². The van der Waals surface area contributed by atoms with Crippen LogP contribution < -0.4 is 0 Å². The van der Waals surface area contributed by atoms with Crippen molar-refractivity contribution in [2.24, 2.45) is 0 Å². The Balaban J connectivity index is 1.62. The molecule has 4 rings (SSSR count). The lowest BCUT2D eigenvalue weighted by molar-refractivity contribution is -0.384. The molecular weight excluding hydrogens is 428 g/mol. The van der Waals surface area contributed by atoms with Crippen molar-refractivity contribution in [2.45, 2.75) is 27.3 Å². The van der Waals surface area contributed by atoms with Crippen molar-refractivity contribution in [3.05, 3.63) is 91.8 Å². The third-order valence-corrected chi connectivity index (χ3v) is 6.13. The topological polar surface area (TPSA) is 98.3 Å². The summed E-state index contributed by atoms with van der Waals surface area (Å²) < 4.78 is 2.01. The van der Waals surface area contributed by atoms with Gasteiger partial charge in [0.15, 0.2) is 0 Å². The predicted octanol–water partition coefficient (Wildman–Crippen LogP) is 4.94. The number of aromatic nitrogens is 2. The van der Waals surface area contributed by atoms with Crippen LogP contribution in [0.2, 0.25) is 0 Å². The van der Waals surface area contributed by atoms with Gasteiger partial charge in [-0.25, -0.2) is 4.98 Å². The fourth-order valence-electron chi connectivity index (χ4n) is 3.66. The van der Waals surface area contributed by atoms with Gasteiger partial charge in [0.05, 0.1) is 16.4 Å². The molecule has 0 unspecified atom stereocenters. The average molecular weight is 449 g/mol. The number of amides is 2. The number of hydrogen-bond acceptors (Lipinski definition) is 6. The van der Waals surface area contributed by atoms with Crippen LogP contribution in [0.25, 0.3) is 11.9 Å². The highest BCUT2D eigenvalue weighted by Gasteiger charge is 2.35. The third kappa shape index (κ3) is 4.06. The van der Waals surface area contributed by atoms with E-state index in [2.05, 4.69) is 4.98 Å². The Morgan fingerprint density at radius 3 is 2.62 bits per heavy atom. The molecule has 0 bridgehead atoms. The molecule has 8 nitrogen and oxygen atoms in total. The van der Waals surface area contributed by atoms with Crippen LogP contribution in [0.3, 0.4) is 0 Å². The first-order chi connectivity index (χ1) is 15.2. The van der Waals surface area contributed by atoms with Crippen molar-refractivity contribution in [1.82, 2.24) is 14.5 Å². The molecule has 1 aromatic carbocycles. The summed E-state index contributed by atoms with van der Waals surface area (Å²) in [6.45, 7) is 5.88. The van der Waals surface area contributed by atoms with Crippen LogP contribution >= 0.6 is 11.8 Å². The van der Waals surface area contributed by atoms with Gasteiger partial charge in [-0.15, -0.1) is 0 Å². The molecule has 3 heterocycles. The van der Waals surface area contributed by atoms with Gasteiger partial charge in [-0.05, 0) is 73.5 Å². The van der Waals surface area contributed by atoms with Crippen LogP contribution in [0.15, 0.2) is 53.6 Å². The van der Waals surface area contributed by atoms with Crippen LogP contribution in [0, 0.1) is 30.9 Å². The van der Waals surface area contributed by atoms with Crippen molar-refractivity contribution < 1.29 is 14.5 Å². The number of benzene rings is 1. The zero-order chi connectivity index (χ0) is 23.0. The van der Waals surface area contributed by atoms with Gasteiger partial charge in [0.1, 0.15) is 5.82 Å². The molecule has 9 heteroatoms. The zero-order valence-corrected chi connectivity index (χ0v) is 18.5. The van der Waals surface area contributed by atoms with E-state index in [0.717, 1.165) is 45.0 Å². The van der Waals surface area contributed by atoms with E-state index in [1.807, 2.05) is 43.5 Å². The number of pyridine rings is 1. The maximum atomic E-state index is 12.9. The van der Waals surface area contributed by atoms with Crippen LogP contribution in [0.1, 0.15) is 28.1 Å². The number of aryl methyl sites for hydroxylation is 2. The summed E-state index contributed by atoms with van der Waals surface area (Å²) in [6.07, 6.45) is 3.47. The molecule has 1 saturated heterocycles. The number of thioether (sulfide) groups is 1. The minimum atomic E-state index is -0.504. The largest absolute Gasteiger partial charge is 0.303 e. The van der Waals surface area contributed by atoms with E-state index in [-0.39, 0.29) is 12.2 Å². The lowest BCUT2D eigenvalue weighted by Gasteiger charge is -2.12. The van der Waals surface area contributed by atoms with Crippen LogP contribution in [0.4, 0.5) is 10.5 Å². The first-order valence-corrected chi connectivity index (χ1v) is 10.7. The number of nitro benzene ring substituents is 1. The highest BCUT2D eigenvalue weighted by atomic mass is 32.2. The van der Waals surface area contributed by atoms with E-state index in [4.69, 9.17) is 0 Å². The van der Waals surface area contributed by atoms with E-state index in [1.165, 1.54) is 18.2 Å². The molecule has 2 amide bonds. The quantitative estimate of drug-likeness (QED) is 0.311. The lowest BCUT2D eigenvalue weighted by Crippen LogP contribution is -2.27. The Kier molecular flexibility index (Phi) is 5.67. The van der Waals surface area contributed by atoms with Gasteiger partial charge in [-0.2, -0.15) is 0 Å². The highest BCUT2D eigenvalue weighted by Crippen LogP contribution is 2.35. The molecule has 2 aromatic heterocycles. The smallest absolute Gasteiger partial charge is 0.293 e. The molecule has 0 spiro atoms. The molecule has 1 aliphatic heterocycles. The number of non-ortho nitro benzene ring substituents is 1. The number of imide groups is 1. The maximum absolute atomic E-state index is 12.9. The minimum Gasteiger partial charge on any atom is -0.303 e. The number of carbonyl (C=O) groups excluding carboxylic acids is 2. The second kappa shape index (κ2) is 8.43. The molecule has 0 radical (unpaired) electrons. The fraction of sp³-hybridized carbons (Fsp3) is 0.174. The SMILES string of the molecule is Cc1ccnc(-n2c(C)cc(/C=C3\SC(=O)N(Cc4cccc([N+](=O)[O-])c4)C3=O)c2C)c1. The van der Waals surface area contributed by atoms with Gasteiger partial charge < -0.3 is 4.57 Å². The van der Waals surface area contributed by atoms with E-state index >= 15 is 0 Å². The summed E-state index contributed by atoms with van der Waals surface area (Å²) in [5, 5.41) is 10.6. The van der Waals surface area contributed by atoms with E-state index in [0.29, 0.717) is 10.5 Å². The van der Waals surface area contributed by atoms with Crippen molar-refractivity contribution >= 4 is 34.7 Å². The molecule has 0 atom stereocenters. The van der Waals surface area contributed by atoms with Crippen molar-refractivity contribution in [1.29, 1.82) is 0 Å². The number of carbonyl (C=O) groups is 2. The predicted molar refractivity (Wildman–Crippen MR) is 122 cm³/mol. The summed E-state index contributed by atoms with van der Waals surface area (Å²) in [5.41, 5.74) is 4.22. The Morgan fingerprint density at radius 2 is 1.91 bits per heavy atom. The van der Waals surface area contributed by atoms with E-state index < -0.39 is 16.1 Å². The molecule has 0 aliphatic carbocycles. The average Bonchev–Trinajstić information content (AvgIpc) is 3.17. The van der Waals surface area contributed by atoms with Gasteiger partial charge in [0.25, 0.3) is 16.8 Å². The Labute approximate surface area is 188 Å². The van der Waals surface area contributed by atoms with Gasteiger partial charge in [0, 0.05) is 29.7 Å². The van der Waals surface area contributed by atoms with Gasteiger partial charge in [-0.1, -0.05) is 12.1 Å². The van der Waals surface area contributed by atoms with Crippen molar-refractivity contribution in [2.75, 3.05) is 0 Å². The summed E-state index contributed by atoms with van der Waals surface area (Å²) in [5.74, 6) is 0.378. The number of rotatable bonds is 5. The molecular formula is C23H20N4O4S. The minimum absolute atomic E-state index is 0.0179. The molecule has 0 N–H and O–H groups in total. The van der Waals surface area contributed by atoms with Gasteiger partial charge >= 0.3 is 0 Å². The van der Waals surface area contributed by atoms with Crippen LogP contribution in [-0.4, -0.2) is 30.5 Å². The molecule has 1 aliphatic rings. The lowest BCUT2D eigenvalue weighted by atomic mass is 10.2. The first kappa shape index (κ1) is 21.5. The van der Waals surface area contributed by atoms with E-state index in [9.17, 15) is 19.7 Å². The van der Waals surface area contributed by atoms with Gasteiger partial charge in [0.2, 0.25) is 0 Å². The summed E-state index contributed by atoms with van der Waals surface area (Å²) >= 11 is 0.868. The number of nitrogens with zero attached hydrogens (tertiary/aromatic N) is 4. The second-order valence-corrected chi connectivity index (χ2v) is 8.54.